The van der Waals surface area contributed by atoms with Gasteiger partial charge >= 0.3 is 12.1 Å². The zero-order chi connectivity index (χ0) is 20.9. The van der Waals surface area contributed by atoms with Gasteiger partial charge in [-0.1, -0.05) is 0 Å². The molecule has 0 fully saturated rings. The third kappa shape index (κ3) is 5.15. The van der Waals surface area contributed by atoms with Crippen LogP contribution in [0, 0.1) is 0 Å². The van der Waals surface area contributed by atoms with Crippen molar-refractivity contribution in [1.82, 2.24) is 14.8 Å². The molecule has 0 saturated carbocycles. The van der Waals surface area contributed by atoms with Gasteiger partial charge < -0.3 is 10.8 Å². The number of aromatic nitrogens is 3. The molecule has 11 heteroatoms. The summed E-state index contributed by atoms with van der Waals surface area (Å²) < 4.78 is 32.7. The van der Waals surface area contributed by atoms with Crippen molar-refractivity contribution < 1.29 is 32.7 Å². The minimum Gasteiger partial charge on any atom is -0.477 e. The lowest BCUT2D eigenvalue weighted by atomic mass is 9.90. The van der Waals surface area contributed by atoms with Crippen molar-refractivity contribution in [2.75, 3.05) is 0 Å². The molecule has 3 rings (SSSR count). The Hall–Kier alpha value is -3.24. The van der Waals surface area contributed by atoms with Gasteiger partial charge in [0.25, 0.3) is 0 Å². The number of halogens is 3. The largest absolute Gasteiger partial charge is 0.477 e. The number of primary amides is 1. The van der Waals surface area contributed by atoms with E-state index in [1.54, 1.807) is 12.4 Å². The van der Waals surface area contributed by atoms with Crippen LogP contribution >= 0.6 is 0 Å². The fourth-order valence-corrected chi connectivity index (χ4v) is 2.87. The molecule has 150 valence electrons. The Bertz CT molecular complexity index is 893. The Morgan fingerprint density at radius 3 is 2.57 bits per heavy atom. The van der Waals surface area contributed by atoms with Crippen LogP contribution in [0.5, 0.6) is 0 Å². The maximum Gasteiger partial charge on any atom is 0.446 e. The van der Waals surface area contributed by atoms with Gasteiger partial charge in [-0.2, -0.15) is 18.3 Å². The molecule has 0 bridgehead atoms. The first-order valence-corrected chi connectivity index (χ1v) is 8.21. The van der Waals surface area contributed by atoms with E-state index < -0.39 is 24.3 Å². The van der Waals surface area contributed by atoms with Crippen molar-refractivity contribution in [3.05, 3.63) is 35.3 Å². The number of pyridine rings is 1. The Morgan fingerprint density at radius 2 is 2.00 bits per heavy atom. The summed E-state index contributed by atoms with van der Waals surface area (Å²) in [6, 6.07) is 1.86. The number of nitrogens with zero attached hydrogens (tertiary/aromatic N) is 3. The van der Waals surface area contributed by atoms with Crippen molar-refractivity contribution in [1.29, 1.82) is 0 Å². The molecule has 1 aliphatic rings. The first-order valence-electron chi connectivity index (χ1n) is 8.21. The molecular weight excluding hydrogens is 381 g/mol. The van der Waals surface area contributed by atoms with Crippen LogP contribution in [-0.4, -0.2) is 44.2 Å². The number of carboxylic acids is 1. The number of rotatable bonds is 5. The van der Waals surface area contributed by atoms with Crippen LogP contribution in [0.25, 0.3) is 11.3 Å². The molecule has 0 radical (unpaired) electrons. The van der Waals surface area contributed by atoms with Crippen LogP contribution in [0.1, 0.15) is 34.5 Å². The first kappa shape index (κ1) is 21.1. The van der Waals surface area contributed by atoms with Gasteiger partial charge in [-0.3, -0.25) is 19.3 Å². The van der Waals surface area contributed by atoms with E-state index in [1.807, 2.05) is 6.07 Å². The van der Waals surface area contributed by atoms with Crippen molar-refractivity contribution in [2.24, 2.45) is 5.73 Å². The SMILES string of the molecule is NC(=O)CCCn1nc2c(c1C(=O)O)CCc1cnccc1-2.O=CC(F)(F)F. The Morgan fingerprint density at radius 1 is 1.32 bits per heavy atom. The van der Waals surface area contributed by atoms with Crippen molar-refractivity contribution in [3.8, 4) is 11.3 Å². The summed E-state index contributed by atoms with van der Waals surface area (Å²) in [5, 5.41) is 14.0. The maximum absolute atomic E-state index is 11.6. The highest BCUT2D eigenvalue weighted by molar-refractivity contribution is 5.90. The average Bonchev–Trinajstić information content (AvgIpc) is 3.00. The number of aldehydes is 1. The molecule has 0 spiro atoms. The monoisotopic (exact) mass is 398 g/mol. The molecule has 0 unspecified atom stereocenters. The van der Waals surface area contributed by atoms with Gasteiger partial charge in [0.15, 0.2) is 0 Å². The zero-order valence-corrected chi connectivity index (χ0v) is 14.6. The summed E-state index contributed by atoms with van der Waals surface area (Å²) in [5.41, 5.74) is 8.81. The zero-order valence-electron chi connectivity index (χ0n) is 14.6. The van der Waals surface area contributed by atoms with Gasteiger partial charge in [-0.15, -0.1) is 0 Å². The number of carbonyl (C=O) groups is 3. The van der Waals surface area contributed by atoms with E-state index in [0.717, 1.165) is 23.1 Å². The lowest BCUT2D eigenvalue weighted by Gasteiger charge is -2.14. The maximum atomic E-state index is 11.6. The third-order valence-corrected chi connectivity index (χ3v) is 3.98. The van der Waals surface area contributed by atoms with Gasteiger partial charge in [0, 0.05) is 36.5 Å². The molecule has 1 amide bonds. The van der Waals surface area contributed by atoms with Crippen molar-refractivity contribution >= 4 is 18.2 Å². The number of alkyl halides is 3. The number of nitrogens with two attached hydrogens (primary N) is 1. The average molecular weight is 398 g/mol. The van der Waals surface area contributed by atoms with E-state index in [-0.39, 0.29) is 12.1 Å². The van der Waals surface area contributed by atoms with Crippen molar-refractivity contribution in [3.63, 3.8) is 0 Å². The fraction of sp³-hybridized carbons (Fsp3) is 0.353. The second-order valence-electron chi connectivity index (χ2n) is 5.97. The minimum absolute atomic E-state index is 0.210. The minimum atomic E-state index is -4.64. The van der Waals surface area contributed by atoms with Crippen LogP contribution in [0.2, 0.25) is 0 Å². The van der Waals surface area contributed by atoms with Gasteiger partial charge in [-0.25, -0.2) is 4.79 Å². The lowest BCUT2D eigenvalue weighted by Crippen LogP contribution is -2.15. The molecular formula is C17H17F3N4O4. The van der Waals surface area contributed by atoms with Gasteiger partial charge in [-0.05, 0) is 30.9 Å². The van der Waals surface area contributed by atoms with Crippen LogP contribution in [-0.2, 0) is 29.0 Å². The van der Waals surface area contributed by atoms with E-state index in [9.17, 15) is 27.9 Å². The normalized spacial score (nSPS) is 12.2. The van der Waals surface area contributed by atoms with Crippen molar-refractivity contribution in [2.45, 2.75) is 38.4 Å². The molecule has 3 N–H and O–H groups in total. The Kier molecular flexibility index (Phi) is 6.49. The first-order chi connectivity index (χ1) is 13.1. The van der Waals surface area contributed by atoms with E-state index in [4.69, 9.17) is 10.5 Å². The number of aryl methyl sites for hydroxylation is 2. The molecule has 28 heavy (non-hydrogen) atoms. The number of amides is 1. The Labute approximate surface area is 157 Å². The van der Waals surface area contributed by atoms with Gasteiger partial charge in [0.1, 0.15) is 5.69 Å². The predicted octanol–water partition coefficient (Wildman–Crippen LogP) is 1.75. The highest BCUT2D eigenvalue weighted by atomic mass is 19.4. The lowest BCUT2D eigenvalue weighted by molar-refractivity contribution is -0.156. The summed E-state index contributed by atoms with van der Waals surface area (Å²) in [4.78, 5) is 35.2. The van der Waals surface area contributed by atoms with E-state index in [2.05, 4.69) is 10.1 Å². The summed E-state index contributed by atoms with van der Waals surface area (Å²) >= 11 is 0. The van der Waals surface area contributed by atoms with E-state index >= 15 is 0 Å². The summed E-state index contributed by atoms with van der Waals surface area (Å²) in [6.07, 6.45) is -0.156. The summed E-state index contributed by atoms with van der Waals surface area (Å²) in [7, 11) is 0. The molecule has 8 nitrogen and oxygen atoms in total. The quantitative estimate of drug-likeness (QED) is 0.739. The van der Waals surface area contributed by atoms with E-state index in [1.165, 1.54) is 4.68 Å². The smallest absolute Gasteiger partial charge is 0.446 e. The molecule has 0 aromatic carbocycles. The number of carbonyl (C=O) groups excluding carboxylic acids is 2. The molecule has 0 aliphatic heterocycles. The highest BCUT2D eigenvalue weighted by Crippen LogP contribution is 2.34. The Balaban J connectivity index is 0.000000409. The summed E-state index contributed by atoms with van der Waals surface area (Å²) in [5.74, 6) is -1.39. The molecule has 2 heterocycles. The van der Waals surface area contributed by atoms with Gasteiger partial charge in [0.05, 0.1) is 5.69 Å². The van der Waals surface area contributed by atoms with Crippen LogP contribution in [0.3, 0.4) is 0 Å². The van der Waals surface area contributed by atoms with Crippen LogP contribution in [0.15, 0.2) is 18.5 Å². The molecule has 0 saturated heterocycles. The number of hydrogen-bond donors (Lipinski definition) is 2. The molecule has 0 atom stereocenters. The number of fused-ring (bicyclic) bond motifs is 3. The highest BCUT2D eigenvalue weighted by Gasteiger charge is 2.28. The van der Waals surface area contributed by atoms with Crippen LogP contribution in [0.4, 0.5) is 13.2 Å². The van der Waals surface area contributed by atoms with E-state index in [0.29, 0.717) is 25.1 Å². The van der Waals surface area contributed by atoms with Gasteiger partial charge in [0.2, 0.25) is 12.2 Å². The molecule has 1 aliphatic carbocycles. The second kappa shape index (κ2) is 8.63. The predicted molar refractivity (Wildman–Crippen MR) is 90.4 cm³/mol. The number of hydrogen-bond acceptors (Lipinski definition) is 5. The van der Waals surface area contributed by atoms with Crippen LogP contribution < -0.4 is 5.73 Å². The number of carboxylic acid groups (broad SMARTS) is 1. The number of aromatic carboxylic acids is 1. The molecule has 2 aromatic heterocycles. The summed E-state index contributed by atoms with van der Waals surface area (Å²) in [6.45, 7) is 0.359. The molecule has 2 aromatic rings. The fourth-order valence-electron chi connectivity index (χ4n) is 2.87. The third-order valence-electron chi connectivity index (χ3n) is 3.98. The standard InChI is InChI=1S/C15H16N4O3.C2HF3O/c16-12(20)2-1-7-19-14(15(21)22)11-4-3-9-8-17-6-5-10(9)13(11)18-19;3-2(4,5)1-6/h5-6,8H,1-4,7H2,(H2,16,20)(H,21,22);1H. The second-order valence-corrected chi connectivity index (χ2v) is 5.97. The topological polar surface area (TPSA) is 128 Å².